The van der Waals surface area contributed by atoms with E-state index in [2.05, 4.69) is 37.2 Å². The number of furan rings is 1. The fourth-order valence-electron chi connectivity index (χ4n) is 3.46. The summed E-state index contributed by atoms with van der Waals surface area (Å²) in [6, 6.07) is 4.26. The second kappa shape index (κ2) is 8.03. The fourth-order valence-corrected chi connectivity index (χ4v) is 4.40. The minimum atomic E-state index is 0.424. The fraction of sp³-hybridized carbons (Fsp3) is 0.588. The summed E-state index contributed by atoms with van der Waals surface area (Å²) in [5.74, 6) is 3.13. The average Bonchev–Trinajstić information content (AvgIpc) is 3.41. The highest BCUT2D eigenvalue weighted by molar-refractivity contribution is 7.98. The van der Waals surface area contributed by atoms with E-state index in [0.717, 1.165) is 48.4 Å². The zero-order chi connectivity index (χ0) is 17.8. The third kappa shape index (κ3) is 3.53. The van der Waals surface area contributed by atoms with Gasteiger partial charge in [0.25, 0.3) is 0 Å². The molecule has 0 spiro atoms. The first-order valence-electron chi connectivity index (χ1n) is 9.23. The Kier molecular flexibility index (Phi) is 5.33. The van der Waals surface area contributed by atoms with Crippen LogP contribution in [0.25, 0.3) is 11.6 Å². The molecule has 3 heterocycles. The Morgan fingerprint density at radius 2 is 2.08 bits per heavy atom. The Balaban J connectivity index is 1.60. The summed E-state index contributed by atoms with van der Waals surface area (Å²) in [7, 11) is 0. The molecule has 0 saturated heterocycles. The predicted molar refractivity (Wildman–Crippen MR) is 97.5 cm³/mol. The number of nitrogens with zero attached hydrogens (tertiary/aromatic N) is 7. The minimum Gasteiger partial charge on any atom is -0.461 e. The topological polar surface area (TPSA) is 87.4 Å². The van der Waals surface area contributed by atoms with Crippen LogP contribution < -0.4 is 0 Å². The molecule has 0 amide bonds. The quantitative estimate of drug-likeness (QED) is 0.583. The van der Waals surface area contributed by atoms with Crippen molar-refractivity contribution in [1.29, 1.82) is 0 Å². The van der Waals surface area contributed by atoms with Gasteiger partial charge in [0.05, 0.1) is 12.0 Å². The second-order valence-electron chi connectivity index (χ2n) is 6.55. The molecule has 0 bridgehead atoms. The zero-order valence-corrected chi connectivity index (χ0v) is 15.7. The highest BCUT2D eigenvalue weighted by Gasteiger charge is 2.25. The molecular weight excluding hydrogens is 350 g/mol. The number of aromatic nitrogens is 7. The molecule has 3 aromatic heterocycles. The van der Waals surface area contributed by atoms with Gasteiger partial charge in [-0.3, -0.25) is 4.57 Å². The SMILES string of the molecule is CCCn1nnnc1CSc1nnc(-c2ccco2)n1C1CCCCC1. The molecule has 26 heavy (non-hydrogen) atoms. The molecule has 138 valence electrons. The number of thioether (sulfide) groups is 1. The van der Waals surface area contributed by atoms with Crippen molar-refractivity contribution in [3.63, 3.8) is 0 Å². The molecule has 0 atom stereocenters. The van der Waals surface area contributed by atoms with Crippen LogP contribution in [0.15, 0.2) is 28.0 Å². The van der Waals surface area contributed by atoms with Gasteiger partial charge in [0.2, 0.25) is 5.82 Å². The van der Waals surface area contributed by atoms with Gasteiger partial charge in [0.15, 0.2) is 16.7 Å². The molecule has 1 fully saturated rings. The third-order valence-electron chi connectivity index (χ3n) is 4.72. The molecule has 1 aliphatic rings. The van der Waals surface area contributed by atoms with Crippen LogP contribution in [-0.2, 0) is 12.3 Å². The summed E-state index contributed by atoms with van der Waals surface area (Å²) in [6.45, 7) is 2.95. The van der Waals surface area contributed by atoms with Crippen LogP contribution in [0.1, 0.15) is 57.3 Å². The van der Waals surface area contributed by atoms with Crippen LogP contribution in [-0.4, -0.2) is 35.0 Å². The number of tetrazole rings is 1. The Bertz CT molecular complexity index is 820. The maximum Gasteiger partial charge on any atom is 0.200 e. The summed E-state index contributed by atoms with van der Waals surface area (Å²) >= 11 is 1.64. The molecule has 4 rings (SSSR count). The molecule has 0 aliphatic heterocycles. The normalized spacial score (nSPS) is 15.6. The van der Waals surface area contributed by atoms with Crippen LogP contribution in [0.4, 0.5) is 0 Å². The smallest absolute Gasteiger partial charge is 0.200 e. The summed E-state index contributed by atoms with van der Waals surface area (Å²) in [6.07, 6.45) is 8.81. The largest absolute Gasteiger partial charge is 0.461 e. The van der Waals surface area contributed by atoms with E-state index in [0.29, 0.717) is 11.8 Å². The highest BCUT2D eigenvalue weighted by atomic mass is 32.2. The van der Waals surface area contributed by atoms with E-state index < -0.39 is 0 Å². The maximum atomic E-state index is 5.60. The molecule has 8 nitrogen and oxygen atoms in total. The van der Waals surface area contributed by atoms with E-state index in [1.807, 2.05) is 16.8 Å². The number of hydrogen-bond donors (Lipinski definition) is 0. The van der Waals surface area contributed by atoms with E-state index in [9.17, 15) is 0 Å². The standard InChI is InChI=1S/C17H23N7OS/c1-2-10-23-15(18-21-22-23)12-26-17-20-19-16(14-9-6-11-25-14)24(17)13-7-4-3-5-8-13/h6,9,11,13H,2-5,7-8,10,12H2,1H3. The van der Waals surface area contributed by atoms with Crippen LogP contribution >= 0.6 is 11.8 Å². The van der Waals surface area contributed by atoms with Crippen molar-refractivity contribution in [1.82, 2.24) is 35.0 Å². The van der Waals surface area contributed by atoms with Crippen molar-refractivity contribution in [2.45, 2.75) is 68.9 Å². The molecule has 0 aromatic carbocycles. The number of aryl methyl sites for hydroxylation is 1. The molecule has 0 unspecified atom stereocenters. The van der Waals surface area contributed by atoms with Gasteiger partial charge in [-0.05, 0) is 41.8 Å². The minimum absolute atomic E-state index is 0.424. The van der Waals surface area contributed by atoms with Gasteiger partial charge in [-0.25, -0.2) is 4.68 Å². The number of rotatable bonds is 7. The van der Waals surface area contributed by atoms with Gasteiger partial charge in [0.1, 0.15) is 0 Å². The summed E-state index contributed by atoms with van der Waals surface area (Å²) in [5.41, 5.74) is 0. The van der Waals surface area contributed by atoms with E-state index in [4.69, 9.17) is 4.42 Å². The van der Waals surface area contributed by atoms with Gasteiger partial charge in [-0.1, -0.05) is 37.9 Å². The van der Waals surface area contributed by atoms with E-state index in [1.165, 1.54) is 19.3 Å². The second-order valence-corrected chi connectivity index (χ2v) is 7.49. The lowest BCUT2D eigenvalue weighted by molar-refractivity contribution is 0.337. The van der Waals surface area contributed by atoms with Gasteiger partial charge >= 0.3 is 0 Å². The van der Waals surface area contributed by atoms with Gasteiger partial charge < -0.3 is 4.42 Å². The van der Waals surface area contributed by atoms with Gasteiger partial charge in [-0.15, -0.1) is 15.3 Å². The summed E-state index contributed by atoms with van der Waals surface area (Å²) in [5, 5.41) is 21.8. The monoisotopic (exact) mass is 373 g/mol. The summed E-state index contributed by atoms with van der Waals surface area (Å²) in [4.78, 5) is 0. The highest BCUT2D eigenvalue weighted by Crippen LogP contribution is 2.36. The van der Waals surface area contributed by atoms with Crippen molar-refractivity contribution in [2.75, 3.05) is 0 Å². The van der Waals surface area contributed by atoms with Crippen molar-refractivity contribution < 1.29 is 4.42 Å². The van der Waals surface area contributed by atoms with Crippen LogP contribution in [0.2, 0.25) is 0 Å². The molecule has 9 heteroatoms. The Hall–Kier alpha value is -2.16. The molecular formula is C17H23N7OS. The van der Waals surface area contributed by atoms with Crippen molar-refractivity contribution in [2.24, 2.45) is 0 Å². The van der Waals surface area contributed by atoms with E-state index >= 15 is 0 Å². The van der Waals surface area contributed by atoms with E-state index in [-0.39, 0.29) is 0 Å². The van der Waals surface area contributed by atoms with Crippen LogP contribution in [0.5, 0.6) is 0 Å². The molecule has 3 aromatic rings. The zero-order valence-electron chi connectivity index (χ0n) is 14.9. The maximum absolute atomic E-state index is 5.60. The Morgan fingerprint density at radius 1 is 1.19 bits per heavy atom. The number of hydrogen-bond acceptors (Lipinski definition) is 7. The lowest BCUT2D eigenvalue weighted by Crippen LogP contribution is -2.15. The van der Waals surface area contributed by atoms with Crippen molar-refractivity contribution in [3.05, 3.63) is 24.2 Å². The summed E-state index contributed by atoms with van der Waals surface area (Å²) < 4.78 is 9.72. The van der Waals surface area contributed by atoms with Gasteiger partial charge in [-0.2, -0.15) is 0 Å². The van der Waals surface area contributed by atoms with Crippen molar-refractivity contribution >= 4 is 11.8 Å². The van der Waals surface area contributed by atoms with Crippen molar-refractivity contribution in [3.8, 4) is 11.6 Å². The van der Waals surface area contributed by atoms with Crippen LogP contribution in [0.3, 0.4) is 0 Å². The molecule has 0 radical (unpaired) electrons. The predicted octanol–water partition coefficient (Wildman–Crippen LogP) is 3.73. The van der Waals surface area contributed by atoms with E-state index in [1.54, 1.807) is 18.0 Å². The Morgan fingerprint density at radius 3 is 2.85 bits per heavy atom. The molecule has 1 saturated carbocycles. The molecule has 1 aliphatic carbocycles. The lowest BCUT2D eigenvalue weighted by atomic mass is 9.95. The average molecular weight is 373 g/mol. The lowest BCUT2D eigenvalue weighted by Gasteiger charge is -2.25. The first kappa shape index (κ1) is 17.3. The first-order chi connectivity index (χ1) is 12.9. The van der Waals surface area contributed by atoms with Gasteiger partial charge in [0, 0.05) is 12.6 Å². The third-order valence-corrected chi connectivity index (χ3v) is 5.66. The molecule has 0 N–H and O–H groups in total. The Labute approximate surface area is 156 Å². The van der Waals surface area contributed by atoms with Crippen LogP contribution in [0, 0.1) is 0 Å². The first-order valence-corrected chi connectivity index (χ1v) is 10.2.